The van der Waals surface area contributed by atoms with Gasteiger partial charge in [0.05, 0.1) is 6.04 Å². The van der Waals surface area contributed by atoms with Gasteiger partial charge in [0.2, 0.25) is 0 Å². The molecular formula is C14H17NO3. The summed E-state index contributed by atoms with van der Waals surface area (Å²) in [5.74, 6) is -0.829. The molecule has 1 amide bonds. The van der Waals surface area contributed by atoms with Gasteiger partial charge in [-0.2, -0.15) is 0 Å². The van der Waals surface area contributed by atoms with E-state index in [1.165, 1.54) is 6.08 Å². The minimum absolute atomic E-state index is 0.112. The number of benzene rings is 1. The van der Waals surface area contributed by atoms with Crippen molar-refractivity contribution >= 4 is 11.9 Å². The van der Waals surface area contributed by atoms with Crippen molar-refractivity contribution in [2.45, 2.75) is 19.9 Å². The Balaban J connectivity index is 2.39. The highest BCUT2D eigenvalue weighted by atomic mass is 16.5. The minimum Gasteiger partial charge on any atom is -0.452 e. The van der Waals surface area contributed by atoms with Gasteiger partial charge < -0.3 is 10.1 Å². The third-order valence-corrected chi connectivity index (χ3v) is 2.33. The molecule has 0 heterocycles. The van der Waals surface area contributed by atoms with Crippen LogP contribution in [-0.2, 0) is 14.3 Å². The number of carbonyl (C=O) groups is 2. The molecule has 0 unspecified atom stereocenters. The topological polar surface area (TPSA) is 55.4 Å². The van der Waals surface area contributed by atoms with E-state index >= 15 is 0 Å². The Hall–Kier alpha value is -2.10. The Bertz CT molecular complexity index is 426. The van der Waals surface area contributed by atoms with Crippen LogP contribution in [-0.4, -0.2) is 18.5 Å². The van der Waals surface area contributed by atoms with E-state index in [0.717, 1.165) is 5.56 Å². The van der Waals surface area contributed by atoms with Crippen LogP contribution < -0.4 is 5.32 Å². The monoisotopic (exact) mass is 247 g/mol. The molecule has 0 aromatic heterocycles. The molecule has 4 heteroatoms. The molecule has 18 heavy (non-hydrogen) atoms. The highest BCUT2D eigenvalue weighted by Crippen LogP contribution is 2.10. The van der Waals surface area contributed by atoms with Gasteiger partial charge in [-0.05, 0) is 19.4 Å². The van der Waals surface area contributed by atoms with Gasteiger partial charge in [-0.3, -0.25) is 4.79 Å². The Morgan fingerprint density at radius 3 is 2.61 bits per heavy atom. The summed E-state index contributed by atoms with van der Waals surface area (Å²) in [6.45, 7) is 3.32. The quantitative estimate of drug-likeness (QED) is 0.639. The number of ether oxygens (including phenoxy) is 1. The summed E-state index contributed by atoms with van der Waals surface area (Å²) < 4.78 is 4.74. The maximum Gasteiger partial charge on any atom is 0.330 e. The van der Waals surface area contributed by atoms with Crippen molar-refractivity contribution in [3.8, 4) is 0 Å². The smallest absolute Gasteiger partial charge is 0.330 e. The van der Waals surface area contributed by atoms with Crippen molar-refractivity contribution in [2.75, 3.05) is 6.61 Å². The van der Waals surface area contributed by atoms with E-state index in [9.17, 15) is 9.59 Å². The second-order valence-corrected chi connectivity index (χ2v) is 3.81. The summed E-state index contributed by atoms with van der Waals surface area (Å²) in [6.07, 6.45) is 2.83. The van der Waals surface area contributed by atoms with Crippen LogP contribution >= 0.6 is 0 Å². The molecule has 1 aromatic carbocycles. The summed E-state index contributed by atoms with van der Waals surface area (Å²) in [7, 11) is 0. The van der Waals surface area contributed by atoms with Crippen LogP contribution in [0.5, 0.6) is 0 Å². The molecule has 1 atom stereocenters. The number of hydrogen-bond acceptors (Lipinski definition) is 3. The molecule has 0 saturated carbocycles. The first-order valence-electron chi connectivity index (χ1n) is 5.77. The van der Waals surface area contributed by atoms with Crippen LogP contribution in [0.4, 0.5) is 0 Å². The van der Waals surface area contributed by atoms with Gasteiger partial charge in [-0.15, -0.1) is 0 Å². The number of esters is 1. The lowest BCUT2D eigenvalue weighted by atomic mass is 10.1. The zero-order valence-corrected chi connectivity index (χ0v) is 10.6. The number of nitrogens with one attached hydrogen (secondary N) is 1. The lowest BCUT2D eigenvalue weighted by Gasteiger charge is -2.13. The van der Waals surface area contributed by atoms with Crippen molar-refractivity contribution in [3.05, 3.63) is 48.0 Å². The van der Waals surface area contributed by atoms with E-state index in [1.54, 1.807) is 13.0 Å². The fourth-order valence-corrected chi connectivity index (χ4v) is 1.43. The lowest BCUT2D eigenvalue weighted by molar-refractivity contribution is -0.144. The van der Waals surface area contributed by atoms with E-state index in [2.05, 4.69) is 5.32 Å². The van der Waals surface area contributed by atoms with Crippen LogP contribution in [0, 0.1) is 0 Å². The molecule has 0 aliphatic carbocycles. The van der Waals surface area contributed by atoms with E-state index in [-0.39, 0.29) is 18.6 Å². The first-order chi connectivity index (χ1) is 8.63. The molecule has 0 radical (unpaired) electrons. The SMILES string of the molecule is C/C=C/C(=O)OCC(=O)N[C@H](C)c1ccccc1. The van der Waals surface area contributed by atoms with Crippen molar-refractivity contribution in [1.82, 2.24) is 5.32 Å². The maximum absolute atomic E-state index is 11.5. The molecule has 1 rings (SSSR count). The number of amides is 1. The Kier molecular flexibility index (Phi) is 5.64. The highest BCUT2D eigenvalue weighted by molar-refractivity contribution is 5.85. The Morgan fingerprint density at radius 1 is 1.33 bits per heavy atom. The van der Waals surface area contributed by atoms with Gasteiger partial charge in [-0.1, -0.05) is 36.4 Å². The molecule has 96 valence electrons. The van der Waals surface area contributed by atoms with E-state index in [0.29, 0.717) is 0 Å². The predicted octanol–water partition coefficient (Wildman–Crippen LogP) is 1.98. The molecule has 0 fully saturated rings. The molecule has 0 bridgehead atoms. The minimum atomic E-state index is -0.514. The second-order valence-electron chi connectivity index (χ2n) is 3.81. The molecular weight excluding hydrogens is 230 g/mol. The van der Waals surface area contributed by atoms with Gasteiger partial charge in [-0.25, -0.2) is 4.79 Å². The second kappa shape index (κ2) is 7.27. The summed E-state index contributed by atoms with van der Waals surface area (Å²) in [4.78, 5) is 22.5. The first-order valence-corrected chi connectivity index (χ1v) is 5.77. The molecule has 0 saturated heterocycles. The average molecular weight is 247 g/mol. The number of rotatable bonds is 5. The van der Waals surface area contributed by atoms with E-state index < -0.39 is 5.97 Å². The van der Waals surface area contributed by atoms with Gasteiger partial charge in [0.15, 0.2) is 6.61 Å². The van der Waals surface area contributed by atoms with Crippen LogP contribution in [0.25, 0.3) is 0 Å². The summed E-state index contributed by atoms with van der Waals surface area (Å²) in [5.41, 5.74) is 1.01. The number of hydrogen-bond donors (Lipinski definition) is 1. The zero-order valence-electron chi connectivity index (χ0n) is 10.6. The fourth-order valence-electron chi connectivity index (χ4n) is 1.43. The maximum atomic E-state index is 11.5. The van der Waals surface area contributed by atoms with Crippen molar-refractivity contribution in [3.63, 3.8) is 0 Å². The molecule has 1 aromatic rings. The van der Waals surface area contributed by atoms with Gasteiger partial charge in [0.25, 0.3) is 5.91 Å². The highest BCUT2D eigenvalue weighted by Gasteiger charge is 2.10. The van der Waals surface area contributed by atoms with Crippen LogP contribution in [0.15, 0.2) is 42.5 Å². The summed E-state index contributed by atoms with van der Waals surface area (Å²) in [5, 5.41) is 2.75. The number of allylic oxidation sites excluding steroid dienone is 1. The van der Waals surface area contributed by atoms with Gasteiger partial charge >= 0.3 is 5.97 Å². The molecule has 0 spiro atoms. The molecule has 4 nitrogen and oxygen atoms in total. The average Bonchev–Trinajstić information content (AvgIpc) is 2.38. The van der Waals surface area contributed by atoms with Crippen LogP contribution in [0.3, 0.4) is 0 Å². The molecule has 1 N–H and O–H groups in total. The van der Waals surface area contributed by atoms with Crippen molar-refractivity contribution in [1.29, 1.82) is 0 Å². The Morgan fingerprint density at radius 2 is 2.00 bits per heavy atom. The van der Waals surface area contributed by atoms with E-state index in [1.807, 2.05) is 37.3 Å². The summed E-state index contributed by atoms with van der Waals surface area (Å²) in [6, 6.07) is 9.47. The largest absolute Gasteiger partial charge is 0.452 e. The predicted molar refractivity (Wildman–Crippen MR) is 68.8 cm³/mol. The van der Waals surface area contributed by atoms with Crippen LogP contribution in [0.1, 0.15) is 25.5 Å². The third-order valence-electron chi connectivity index (χ3n) is 2.33. The normalized spacial score (nSPS) is 12.1. The van der Waals surface area contributed by atoms with Gasteiger partial charge in [0.1, 0.15) is 0 Å². The van der Waals surface area contributed by atoms with Crippen molar-refractivity contribution in [2.24, 2.45) is 0 Å². The molecule has 0 aliphatic heterocycles. The lowest BCUT2D eigenvalue weighted by Crippen LogP contribution is -2.30. The van der Waals surface area contributed by atoms with Gasteiger partial charge in [0, 0.05) is 6.08 Å². The third kappa shape index (κ3) is 4.82. The molecule has 0 aliphatic rings. The standard InChI is InChI=1S/C14H17NO3/c1-3-7-14(17)18-10-13(16)15-11(2)12-8-5-4-6-9-12/h3-9,11H,10H2,1-2H3,(H,15,16)/b7-3+/t11-/m1/s1. The Labute approximate surface area is 107 Å². The first kappa shape index (κ1) is 14.0. The fraction of sp³-hybridized carbons (Fsp3) is 0.286. The summed E-state index contributed by atoms with van der Waals surface area (Å²) >= 11 is 0. The van der Waals surface area contributed by atoms with Crippen LogP contribution in [0.2, 0.25) is 0 Å². The van der Waals surface area contributed by atoms with Crippen molar-refractivity contribution < 1.29 is 14.3 Å². The zero-order chi connectivity index (χ0) is 13.4. The number of carbonyl (C=O) groups excluding carboxylic acids is 2. The van der Waals surface area contributed by atoms with E-state index in [4.69, 9.17) is 4.74 Å².